The second kappa shape index (κ2) is 6.04. The summed E-state index contributed by atoms with van der Waals surface area (Å²) in [5.74, 6) is 0.595. The normalized spacial score (nSPS) is 32.5. The summed E-state index contributed by atoms with van der Waals surface area (Å²) in [6, 6.07) is 6.98. The van der Waals surface area contributed by atoms with Crippen LogP contribution in [0.1, 0.15) is 36.5 Å². The van der Waals surface area contributed by atoms with Crippen molar-refractivity contribution in [3.05, 3.63) is 42.0 Å². The van der Waals surface area contributed by atoms with Crippen LogP contribution in [0.4, 0.5) is 5.69 Å². The molecule has 4 aliphatic rings. The maximum Gasteiger partial charge on any atom is 0.253 e. The molecule has 27 heavy (non-hydrogen) atoms. The van der Waals surface area contributed by atoms with Gasteiger partial charge in [0.15, 0.2) is 0 Å². The van der Waals surface area contributed by atoms with Gasteiger partial charge in [0.2, 0.25) is 11.8 Å². The van der Waals surface area contributed by atoms with Crippen molar-refractivity contribution in [1.29, 1.82) is 0 Å². The lowest BCUT2D eigenvalue weighted by Gasteiger charge is -2.30. The van der Waals surface area contributed by atoms with E-state index in [1.54, 1.807) is 24.3 Å². The highest BCUT2D eigenvalue weighted by molar-refractivity contribution is 6.22. The van der Waals surface area contributed by atoms with E-state index in [-0.39, 0.29) is 41.4 Å². The third kappa shape index (κ3) is 2.47. The molecular weight excluding hydrogens is 340 g/mol. The number of benzene rings is 1. The standard InChI is InChI=1S/C22H24N2O3/c1-13-8-10-23(11-9-13)20(25)14-4-6-17(7-5-14)24-21(26)18-15-2-3-16(12-15)19(18)22(24)27/h2-7,13,15-16,18-19H,8-12H2,1H3/t15-,16-,18-,19+/m0/s1. The summed E-state index contributed by atoms with van der Waals surface area (Å²) in [4.78, 5) is 41.7. The average molecular weight is 364 g/mol. The highest BCUT2D eigenvalue weighted by Gasteiger charge is 2.59. The van der Waals surface area contributed by atoms with Crippen molar-refractivity contribution in [2.45, 2.75) is 26.2 Å². The second-order valence-electron chi connectivity index (χ2n) is 8.53. The lowest BCUT2D eigenvalue weighted by Crippen LogP contribution is -2.38. The Morgan fingerprint density at radius 1 is 0.926 bits per heavy atom. The molecule has 2 saturated heterocycles. The molecule has 0 aromatic heterocycles. The quantitative estimate of drug-likeness (QED) is 0.599. The molecule has 4 atom stereocenters. The van der Waals surface area contributed by atoms with Crippen LogP contribution in [0.5, 0.6) is 0 Å². The molecule has 140 valence electrons. The topological polar surface area (TPSA) is 57.7 Å². The molecule has 2 bridgehead atoms. The third-order valence-electron chi connectivity index (χ3n) is 6.91. The Morgan fingerprint density at radius 2 is 1.48 bits per heavy atom. The first-order valence-corrected chi connectivity index (χ1v) is 10.00. The SMILES string of the molecule is CC1CCN(C(=O)c2ccc(N3C(=O)[C@@H]4[C@H](C3=O)[C@H]3C=C[C@H]4C3)cc2)CC1. The number of piperidine rings is 1. The van der Waals surface area contributed by atoms with Gasteiger partial charge in [-0.1, -0.05) is 19.1 Å². The van der Waals surface area contributed by atoms with E-state index in [1.165, 1.54) is 4.90 Å². The number of amides is 3. The molecule has 0 spiro atoms. The molecule has 1 aromatic rings. The summed E-state index contributed by atoms with van der Waals surface area (Å²) < 4.78 is 0. The van der Waals surface area contributed by atoms with Crippen molar-refractivity contribution in [1.82, 2.24) is 4.90 Å². The molecule has 0 N–H and O–H groups in total. The molecule has 1 saturated carbocycles. The fourth-order valence-electron chi connectivity index (χ4n) is 5.30. The number of hydrogen-bond acceptors (Lipinski definition) is 3. The molecule has 0 unspecified atom stereocenters. The first kappa shape index (κ1) is 16.7. The van der Waals surface area contributed by atoms with Crippen LogP contribution in [0.2, 0.25) is 0 Å². The molecule has 3 amide bonds. The Labute approximate surface area is 159 Å². The molecule has 3 fully saturated rings. The van der Waals surface area contributed by atoms with E-state index < -0.39 is 0 Å². The minimum atomic E-state index is -0.191. The van der Waals surface area contributed by atoms with Gasteiger partial charge in [-0.25, -0.2) is 0 Å². The number of carbonyl (C=O) groups is 3. The predicted molar refractivity (Wildman–Crippen MR) is 101 cm³/mol. The number of fused-ring (bicyclic) bond motifs is 5. The lowest BCUT2D eigenvalue weighted by atomic mass is 9.85. The zero-order valence-corrected chi connectivity index (χ0v) is 15.5. The summed E-state index contributed by atoms with van der Waals surface area (Å²) in [6.45, 7) is 3.81. The van der Waals surface area contributed by atoms with Crippen LogP contribution < -0.4 is 4.90 Å². The first-order valence-electron chi connectivity index (χ1n) is 10.00. The first-order chi connectivity index (χ1) is 13.0. The highest BCUT2D eigenvalue weighted by Crippen LogP contribution is 2.53. The molecule has 0 radical (unpaired) electrons. The van der Waals surface area contributed by atoms with E-state index >= 15 is 0 Å². The van der Waals surface area contributed by atoms with Gasteiger partial charge in [-0.15, -0.1) is 0 Å². The molecule has 5 heteroatoms. The average Bonchev–Trinajstić information content (AvgIpc) is 3.36. The van der Waals surface area contributed by atoms with Crippen LogP contribution in [0.25, 0.3) is 0 Å². The van der Waals surface area contributed by atoms with Gasteiger partial charge in [0.1, 0.15) is 0 Å². The Kier molecular flexibility index (Phi) is 3.74. The summed E-state index contributed by atoms with van der Waals surface area (Å²) in [6.07, 6.45) is 7.21. The Bertz CT molecular complexity index is 806. The van der Waals surface area contributed by atoms with E-state index in [2.05, 4.69) is 19.1 Å². The number of hydrogen-bond donors (Lipinski definition) is 0. The molecule has 1 aromatic carbocycles. The maximum absolute atomic E-state index is 12.9. The minimum Gasteiger partial charge on any atom is -0.339 e. The molecule has 5 nitrogen and oxygen atoms in total. The lowest BCUT2D eigenvalue weighted by molar-refractivity contribution is -0.123. The Hall–Kier alpha value is -2.43. The van der Waals surface area contributed by atoms with Crippen molar-refractivity contribution >= 4 is 23.4 Å². The Balaban J connectivity index is 1.34. The van der Waals surface area contributed by atoms with E-state index in [0.29, 0.717) is 17.2 Å². The summed E-state index contributed by atoms with van der Waals surface area (Å²) in [5.41, 5.74) is 1.21. The van der Waals surface area contributed by atoms with Crippen LogP contribution in [0, 0.1) is 29.6 Å². The summed E-state index contributed by atoms with van der Waals surface area (Å²) in [7, 11) is 0. The van der Waals surface area contributed by atoms with Crippen LogP contribution in [0.15, 0.2) is 36.4 Å². The summed E-state index contributed by atoms with van der Waals surface area (Å²) >= 11 is 0. The van der Waals surface area contributed by atoms with Gasteiger partial charge in [-0.05, 0) is 61.3 Å². The minimum absolute atomic E-state index is 0.0339. The zero-order valence-electron chi connectivity index (χ0n) is 15.5. The van der Waals surface area contributed by atoms with Crippen LogP contribution in [0.3, 0.4) is 0 Å². The van der Waals surface area contributed by atoms with E-state index in [0.717, 1.165) is 32.4 Å². The number of imide groups is 1. The zero-order chi connectivity index (χ0) is 18.7. The van der Waals surface area contributed by atoms with E-state index in [4.69, 9.17) is 0 Å². The maximum atomic E-state index is 12.9. The van der Waals surface area contributed by atoms with Gasteiger partial charge in [0.05, 0.1) is 17.5 Å². The monoisotopic (exact) mass is 364 g/mol. The van der Waals surface area contributed by atoms with Gasteiger partial charge < -0.3 is 4.90 Å². The molecule has 5 rings (SSSR count). The van der Waals surface area contributed by atoms with Crippen molar-refractivity contribution in [2.75, 3.05) is 18.0 Å². The predicted octanol–water partition coefficient (Wildman–Crippen LogP) is 2.87. The largest absolute Gasteiger partial charge is 0.339 e. The van der Waals surface area contributed by atoms with E-state index in [9.17, 15) is 14.4 Å². The van der Waals surface area contributed by atoms with Gasteiger partial charge in [0, 0.05) is 18.7 Å². The number of carbonyl (C=O) groups excluding carboxylic acids is 3. The van der Waals surface area contributed by atoms with Crippen molar-refractivity contribution in [3.8, 4) is 0 Å². The third-order valence-corrected chi connectivity index (χ3v) is 6.91. The second-order valence-corrected chi connectivity index (χ2v) is 8.53. The fraction of sp³-hybridized carbons (Fsp3) is 0.500. The van der Waals surface area contributed by atoms with Crippen LogP contribution in [-0.4, -0.2) is 35.7 Å². The van der Waals surface area contributed by atoms with Crippen molar-refractivity contribution in [2.24, 2.45) is 29.6 Å². The number of rotatable bonds is 2. The highest BCUT2D eigenvalue weighted by atomic mass is 16.2. The Morgan fingerprint density at radius 3 is 2.04 bits per heavy atom. The van der Waals surface area contributed by atoms with Crippen molar-refractivity contribution < 1.29 is 14.4 Å². The van der Waals surface area contributed by atoms with Crippen LogP contribution in [-0.2, 0) is 9.59 Å². The number of nitrogens with zero attached hydrogens (tertiary/aromatic N) is 2. The van der Waals surface area contributed by atoms with Gasteiger partial charge >= 0.3 is 0 Å². The molecule has 2 aliphatic carbocycles. The molecule has 2 aliphatic heterocycles. The van der Waals surface area contributed by atoms with Crippen molar-refractivity contribution in [3.63, 3.8) is 0 Å². The molecule has 2 heterocycles. The molecular formula is C22H24N2O3. The van der Waals surface area contributed by atoms with Gasteiger partial charge in [-0.3, -0.25) is 19.3 Å². The fourth-order valence-corrected chi connectivity index (χ4v) is 5.30. The number of likely N-dealkylation sites (tertiary alicyclic amines) is 1. The van der Waals surface area contributed by atoms with Gasteiger partial charge in [-0.2, -0.15) is 0 Å². The smallest absolute Gasteiger partial charge is 0.253 e. The van der Waals surface area contributed by atoms with Crippen LogP contribution >= 0.6 is 0 Å². The number of allylic oxidation sites excluding steroid dienone is 2. The number of anilines is 1. The van der Waals surface area contributed by atoms with E-state index in [1.807, 2.05) is 4.90 Å². The van der Waals surface area contributed by atoms with Gasteiger partial charge in [0.25, 0.3) is 5.91 Å². The summed E-state index contributed by atoms with van der Waals surface area (Å²) in [5, 5.41) is 0.